The fourth-order valence-electron chi connectivity index (χ4n) is 3.93. The molecule has 12 heteroatoms. The number of thiophene rings is 1. The first kappa shape index (κ1) is 26.8. The van der Waals surface area contributed by atoms with Crippen molar-refractivity contribution in [3.8, 4) is 5.75 Å². The first-order valence-electron chi connectivity index (χ1n) is 11.3. The second-order valence-electron chi connectivity index (χ2n) is 8.49. The van der Waals surface area contributed by atoms with Crippen LogP contribution in [0.15, 0.2) is 32.9 Å². The molecule has 2 aromatic heterocycles. The van der Waals surface area contributed by atoms with E-state index in [9.17, 15) is 18.8 Å². The molecular weight excluding hydrogens is 487 g/mol. The van der Waals surface area contributed by atoms with Crippen LogP contribution in [0.2, 0.25) is 0 Å². The second-order valence-corrected chi connectivity index (χ2v) is 9.49. The number of amides is 1. The van der Waals surface area contributed by atoms with Crippen molar-refractivity contribution in [1.29, 1.82) is 5.41 Å². The van der Waals surface area contributed by atoms with Gasteiger partial charge in [0.25, 0.3) is 5.56 Å². The van der Waals surface area contributed by atoms with Gasteiger partial charge in [0.05, 0.1) is 18.7 Å². The van der Waals surface area contributed by atoms with Gasteiger partial charge >= 0.3 is 5.69 Å². The minimum atomic E-state index is -1.48. The Morgan fingerprint density at radius 2 is 2.06 bits per heavy atom. The molecule has 0 atom stereocenters. The largest absolute Gasteiger partial charge is 0.496 e. The van der Waals surface area contributed by atoms with Crippen LogP contribution in [0.1, 0.15) is 31.9 Å². The number of hydrogen-bond acceptors (Lipinski definition) is 8. The second kappa shape index (κ2) is 10.9. The third-order valence-corrected chi connectivity index (χ3v) is 7.05. The lowest BCUT2D eigenvalue weighted by Gasteiger charge is -2.26. The van der Waals surface area contributed by atoms with Crippen molar-refractivity contribution >= 4 is 44.9 Å². The number of nitrogens with one attached hydrogen (secondary N) is 3. The molecule has 0 fully saturated rings. The Labute approximate surface area is 210 Å². The lowest BCUT2D eigenvalue weighted by atomic mass is 10.0. The number of hydrazone groups is 1. The number of anilines is 1. The lowest BCUT2D eigenvalue weighted by molar-refractivity contribution is -0.128. The third kappa shape index (κ3) is 4.94. The summed E-state index contributed by atoms with van der Waals surface area (Å²) in [4.78, 5) is 40.6. The number of fused-ring (bicyclic) bond motifs is 1. The SMILES string of the molecule is CCNC(=O)C(C)(C)n1c(=O)c2c(C)c(N/N=C\C=N)sc2n(CCc2cc(F)ccc2OC)c1=O. The van der Waals surface area contributed by atoms with Gasteiger partial charge in [-0.3, -0.25) is 19.6 Å². The molecule has 1 aromatic carbocycles. The van der Waals surface area contributed by atoms with E-state index in [4.69, 9.17) is 10.1 Å². The van der Waals surface area contributed by atoms with Crippen molar-refractivity contribution in [2.45, 2.75) is 46.2 Å². The Morgan fingerprint density at radius 3 is 2.69 bits per heavy atom. The van der Waals surface area contributed by atoms with E-state index in [1.165, 1.54) is 49.9 Å². The van der Waals surface area contributed by atoms with Crippen LogP contribution < -0.4 is 26.7 Å². The Morgan fingerprint density at radius 1 is 1.33 bits per heavy atom. The Kier molecular flexibility index (Phi) is 8.08. The Bertz CT molecular complexity index is 1450. The number of methoxy groups -OCH3 is 1. The molecule has 0 bridgehead atoms. The molecule has 3 rings (SSSR count). The number of nitrogens with zero attached hydrogens (tertiary/aromatic N) is 3. The molecule has 0 unspecified atom stereocenters. The summed E-state index contributed by atoms with van der Waals surface area (Å²) < 4.78 is 21.7. The zero-order valence-corrected chi connectivity index (χ0v) is 21.6. The summed E-state index contributed by atoms with van der Waals surface area (Å²) in [5.74, 6) is -0.431. The number of halogens is 1. The third-order valence-electron chi connectivity index (χ3n) is 5.83. The predicted octanol–water partition coefficient (Wildman–Crippen LogP) is 2.84. The summed E-state index contributed by atoms with van der Waals surface area (Å²) in [6.45, 7) is 6.94. The smallest absolute Gasteiger partial charge is 0.333 e. The highest BCUT2D eigenvalue weighted by atomic mass is 32.1. The van der Waals surface area contributed by atoms with Gasteiger partial charge in [-0.05, 0) is 57.9 Å². The van der Waals surface area contributed by atoms with E-state index in [-0.39, 0.29) is 18.4 Å². The van der Waals surface area contributed by atoms with Crippen LogP contribution in [0.3, 0.4) is 0 Å². The van der Waals surface area contributed by atoms with E-state index in [0.717, 1.165) is 22.1 Å². The van der Waals surface area contributed by atoms with Crippen molar-refractivity contribution < 1.29 is 13.9 Å². The normalized spacial score (nSPS) is 11.7. The number of aromatic nitrogens is 2. The maximum atomic E-state index is 13.9. The van der Waals surface area contributed by atoms with Crippen LogP contribution in [-0.2, 0) is 23.3 Å². The number of likely N-dealkylation sites (N-methyl/N-ethyl adjacent to an activating group) is 1. The molecular formula is C24H29FN6O4S. The molecule has 0 aliphatic carbocycles. The molecule has 10 nitrogen and oxygen atoms in total. The average molecular weight is 517 g/mol. The lowest BCUT2D eigenvalue weighted by Crippen LogP contribution is -2.55. The van der Waals surface area contributed by atoms with Crippen molar-refractivity contribution in [2.24, 2.45) is 5.10 Å². The number of carbonyl (C=O) groups excluding carboxylic acids is 1. The zero-order chi connectivity index (χ0) is 26.6. The van der Waals surface area contributed by atoms with E-state index < -0.39 is 28.5 Å². The van der Waals surface area contributed by atoms with Gasteiger partial charge in [0.15, 0.2) is 0 Å². The number of benzene rings is 1. The summed E-state index contributed by atoms with van der Waals surface area (Å²) in [5.41, 5.74) is 1.19. The zero-order valence-electron chi connectivity index (χ0n) is 20.8. The van der Waals surface area contributed by atoms with Crippen LogP contribution >= 0.6 is 11.3 Å². The molecule has 3 N–H and O–H groups in total. The van der Waals surface area contributed by atoms with Gasteiger partial charge in [0.2, 0.25) is 5.91 Å². The van der Waals surface area contributed by atoms with Crippen molar-refractivity contribution in [3.05, 3.63) is 56.0 Å². The van der Waals surface area contributed by atoms with E-state index >= 15 is 0 Å². The van der Waals surface area contributed by atoms with Crippen LogP contribution in [0.5, 0.6) is 5.75 Å². The molecule has 2 heterocycles. The molecule has 0 aliphatic rings. The average Bonchev–Trinajstić information content (AvgIpc) is 3.15. The van der Waals surface area contributed by atoms with E-state index in [1.807, 2.05) is 0 Å². The van der Waals surface area contributed by atoms with Gasteiger partial charge in [-0.25, -0.2) is 13.8 Å². The molecule has 36 heavy (non-hydrogen) atoms. The van der Waals surface area contributed by atoms with Crippen LogP contribution in [0.25, 0.3) is 10.2 Å². The molecule has 1 amide bonds. The Balaban J connectivity index is 2.27. The maximum Gasteiger partial charge on any atom is 0.333 e. The highest BCUT2D eigenvalue weighted by molar-refractivity contribution is 7.22. The number of carbonyl (C=O) groups is 1. The number of ether oxygens (including phenoxy) is 1. The first-order valence-corrected chi connectivity index (χ1v) is 12.1. The summed E-state index contributed by atoms with van der Waals surface area (Å²) in [6.07, 6.45) is 2.48. The molecule has 0 spiro atoms. The highest BCUT2D eigenvalue weighted by Gasteiger charge is 2.35. The van der Waals surface area contributed by atoms with Gasteiger partial charge < -0.3 is 15.5 Å². The van der Waals surface area contributed by atoms with Crippen molar-refractivity contribution in [2.75, 3.05) is 19.1 Å². The standard InChI is InChI=1S/C24H29FN6O4S/c1-6-27-22(33)24(3,4)31-20(32)18-14(2)19(29-28-11-10-26)36-21(18)30(23(31)34)12-9-15-13-16(25)7-8-17(15)35-5/h7-8,10-11,13,26,29H,6,9,12H2,1-5H3,(H,27,33)/b26-10?,28-11-. The van der Waals surface area contributed by atoms with Gasteiger partial charge in [-0.1, -0.05) is 11.3 Å². The minimum Gasteiger partial charge on any atom is -0.496 e. The van der Waals surface area contributed by atoms with E-state index in [0.29, 0.717) is 33.3 Å². The van der Waals surface area contributed by atoms with Gasteiger partial charge in [0, 0.05) is 24.9 Å². The maximum absolute atomic E-state index is 13.9. The van der Waals surface area contributed by atoms with Crippen LogP contribution in [0.4, 0.5) is 9.39 Å². The Hall–Kier alpha value is -3.80. The van der Waals surface area contributed by atoms with Crippen LogP contribution in [-0.4, -0.2) is 41.1 Å². The number of rotatable bonds is 10. The van der Waals surface area contributed by atoms with E-state index in [2.05, 4.69) is 15.8 Å². The summed E-state index contributed by atoms with van der Waals surface area (Å²) in [6, 6.07) is 4.15. The summed E-state index contributed by atoms with van der Waals surface area (Å²) in [5, 5.41) is 14.5. The van der Waals surface area contributed by atoms with E-state index in [1.54, 1.807) is 13.8 Å². The van der Waals surface area contributed by atoms with Crippen LogP contribution in [0, 0.1) is 18.2 Å². The predicted molar refractivity (Wildman–Crippen MR) is 141 cm³/mol. The number of aryl methyl sites for hydroxylation is 3. The fourth-order valence-corrected chi connectivity index (χ4v) is 5.10. The fraction of sp³-hybridized carbons (Fsp3) is 0.375. The summed E-state index contributed by atoms with van der Waals surface area (Å²) >= 11 is 1.16. The van der Waals surface area contributed by atoms with Crippen molar-refractivity contribution in [3.63, 3.8) is 0 Å². The monoisotopic (exact) mass is 516 g/mol. The molecule has 3 aromatic rings. The van der Waals surface area contributed by atoms with Crippen molar-refractivity contribution in [1.82, 2.24) is 14.5 Å². The molecule has 0 aliphatic heterocycles. The summed E-state index contributed by atoms with van der Waals surface area (Å²) in [7, 11) is 1.48. The number of hydrogen-bond donors (Lipinski definition) is 3. The highest BCUT2D eigenvalue weighted by Crippen LogP contribution is 2.33. The molecule has 0 saturated carbocycles. The molecule has 0 radical (unpaired) electrons. The first-order chi connectivity index (χ1) is 17.1. The van der Waals surface area contributed by atoms with Gasteiger partial charge in [-0.2, -0.15) is 5.10 Å². The molecule has 192 valence electrons. The quantitative estimate of drug-likeness (QED) is 0.282. The topological polar surface area (TPSA) is 131 Å². The molecule has 0 saturated heterocycles. The van der Waals surface area contributed by atoms with Gasteiger partial charge in [-0.15, -0.1) is 0 Å². The van der Waals surface area contributed by atoms with Gasteiger partial charge in [0.1, 0.15) is 26.9 Å². The minimum absolute atomic E-state index is 0.101.